The van der Waals surface area contributed by atoms with Crippen molar-refractivity contribution in [2.75, 3.05) is 5.32 Å². The molecule has 1 aliphatic rings. The molecule has 0 bridgehead atoms. The highest BCUT2D eigenvalue weighted by molar-refractivity contribution is 5.94. The standard InChI is InChI=1S/C18H13F3N2O/c19-18(20,21)15-4-1-11(9-13(15)7-8-22)12-2-5-16-14(10-12)3-6-17(24)23-16/h1-2,4-5,9-10H,3,6-7H2,(H,23,24). The van der Waals surface area contributed by atoms with Crippen molar-refractivity contribution < 1.29 is 18.0 Å². The summed E-state index contributed by atoms with van der Waals surface area (Å²) in [5.74, 6) is -0.0407. The molecule has 1 amide bonds. The highest BCUT2D eigenvalue weighted by Gasteiger charge is 2.33. The minimum Gasteiger partial charge on any atom is -0.326 e. The number of nitrogens with one attached hydrogen (secondary N) is 1. The second-order valence-electron chi connectivity index (χ2n) is 5.62. The lowest BCUT2D eigenvalue weighted by molar-refractivity contribution is -0.138. The molecule has 0 spiro atoms. The van der Waals surface area contributed by atoms with Crippen molar-refractivity contribution in [2.45, 2.75) is 25.4 Å². The Balaban J connectivity index is 2.03. The Bertz CT molecular complexity index is 850. The van der Waals surface area contributed by atoms with Gasteiger partial charge in [-0.25, -0.2) is 0 Å². The summed E-state index contributed by atoms with van der Waals surface area (Å²) in [5, 5.41) is 11.6. The minimum atomic E-state index is -4.48. The highest BCUT2D eigenvalue weighted by atomic mass is 19.4. The third-order valence-electron chi connectivity index (χ3n) is 4.01. The van der Waals surface area contributed by atoms with Crippen molar-refractivity contribution in [2.24, 2.45) is 0 Å². The van der Waals surface area contributed by atoms with Gasteiger partial charge in [0.15, 0.2) is 0 Å². The van der Waals surface area contributed by atoms with E-state index in [-0.39, 0.29) is 17.9 Å². The third kappa shape index (κ3) is 3.11. The van der Waals surface area contributed by atoms with Crippen LogP contribution in [0.25, 0.3) is 11.1 Å². The number of carbonyl (C=O) groups is 1. The number of halogens is 3. The minimum absolute atomic E-state index is 0.0338. The summed E-state index contributed by atoms with van der Waals surface area (Å²) in [7, 11) is 0. The van der Waals surface area contributed by atoms with Gasteiger partial charge in [0, 0.05) is 12.1 Å². The zero-order valence-corrected chi connectivity index (χ0v) is 12.6. The maximum Gasteiger partial charge on any atom is 0.416 e. The van der Waals surface area contributed by atoms with Crippen LogP contribution in [0.5, 0.6) is 0 Å². The first-order valence-electron chi connectivity index (χ1n) is 7.38. The summed E-state index contributed by atoms with van der Waals surface area (Å²) in [6.45, 7) is 0. The van der Waals surface area contributed by atoms with Gasteiger partial charge in [-0.3, -0.25) is 4.79 Å². The molecule has 3 rings (SSSR count). The second kappa shape index (κ2) is 6.00. The molecular formula is C18H13F3N2O. The Morgan fingerprint density at radius 1 is 1.08 bits per heavy atom. The highest BCUT2D eigenvalue weighted by Crippen LogP contribution is 2.35. The van der Waals surface area contributed by atoms with Crippen molar-refractivity contribution in [3.8, 4) is 17.2 Å². The fourth-order valence-corrected chi connectivity index (χ4v) is 2.84. The summed E-state index contributed by atoms with van der Waals surface area (Å²) < 4.78 is 39.1. The number of fused-ring (bicyclic) bond motifs is 1. The first-order chi connectivity index (χ1) is 11.4. The number of alkyl halides is 3. The lowest BCUT2D eigenvalue weighted by atomic mass is 9.94. The van der Waals surface area contributed by atoms with Crippen LogP contribution in [0.2, 0.25) is 0 Å². The molecule has 1 N–H and O–H groups in total. The van der Waals surface area contributed by atoms with Gasteiger partial charge in [0.05, 0.1) is 18.1 Å². The number of rotatable bonds is 2. The summed E-state index contributed by atoms with van der Waals surface area (Å²) in [4.78, 5) is 11.4. The molecule has 122 valence electrons. The Labute approximate surface area is 136 Å². The molecule has 1 heterocycles. The lowest BCUT2D eigenvalue weighted by Crippen LogP contribution is -2.18. The lowest BCUT2D eigenvalue weighted by Gasteiger charge is -2.18. The molecule has 0 unspecified atom stereocenters. The van der Waals surface area contributed by atoms with Crippen LogP contribution < -0.4 is 5.32 Å². The van der Waals surface area contributed by atoms with Crippen molar-refractivity contribution in [1.29, 1.82) is 5.26 Å². The zero-order chi connectivity index (χ0) is 17.3. The summed E-state index contributed by atoms with van der Waals surface area (Å²) in [5.41, 5.74) is 2.25. The Morgan fingerprint density at radius 3 is 2.50 bits per heavy atom. The molecule has 0 saturated carbocycles. The number of hydrogen-bond acceptors (Lipinski definition) is 2. The molecule has 2 aromatic carbocycles. The number of anilines is 1. The Morgan fingerprint density at radius 2 is 1.79 bits per heavy atom. The Kier molecular flexibility index (Phi) is 4.02. The predicted octanol–water partition coefficient (Wildman–Crippen LogP) is 4.32. The van der Waals surface area contributed by atoms with Crippen LogP contribution in [-0.4, -0.2) is 5.91 Å². The maximum absolute atomic E-state index is 13.0. The Hall–Kier alpha value is -2.81. The first-order valence-corrected chi connectivity index (χ1v) is 7.38. The van der Waals surface area contributed by atoms with E-state index in [4.69, 9.17) is 5.26 Å². The number of nitrogens with zero attached hydrogens (tertiary/aromatic N) is 1. The van der Waals surface area contributed by atoms with Crippen LogP contribution in [0.4, 0.5) is 18.9 Å². The van der Waals surface area contributed by atoms with E-state index >= 15 is 0 Å². The van der Waals surface area contributed by atoms with Crippen LogP contribution in [-0.2, 0) is 23.8 Å². The topological polar surface area (TPSA) is 52.9 Å². The van der Waals surface area contributed by atoms with Gasteiger partial charge in [-0.05, 0) is 52.9 Å². The van der Waals surface area contributed by atoms with Crippen molar-refractivity contribution in [1.82, 2.24) is 0 Å². The molecule has 0 aliphatic carbocycles. The number of benzene rings is 2. The van der Waals surface area contributed by atoms with Crippen LogP contribution in [0.3, 0.4) is 0 Å². The summed E-state index contributed by atoms with van der Waals surface area (Å²) >= 11 is 0. The number of nitriles is 1. The molecule has 0 aromatic heterocycles. The quantitative estimate of drug-likeness (QED) is 0.891. The molecule has 6 heteroatoms. The van der Waals surface area contributed by atoms with E-state index < -0.39 is 11.7 Å². The van der Waals surface area contributed by atoms with Gasteiger partial charge >= 0.3 is 6.18 Å². The van der Waals surface area contributed by atoms with Crippen molar-refractivity contribution >= 4 is 11.6 Å². The molecule has 0 atom stereocenters. The van der Waals surface area contributed by atoms with E-state index in [0.717, 1.165) is 22.9 Å². The average Bonchev–Trinajstić information content (AvgIpc) is 2.53. The molecule has 3 nitrogen and oxygen atoms in total. The largest absolute Gasteiger partial charge is 0.416 e. The van der Waals surface area contributed by atoms with E-state index in [1.165, 1.54) is 12.1 Å². The maximum atomic E-state index is 13.0. The molecular weight excluding hydrogens is 317 g/mol. The molecule has 2 aromatic rings. The zero-order valence-electron chi connectivity index (χ0n) is 12.6. The fourth-order valence-electron chi connectivity index (χ4n) is 2.84. The number of amides is 1. The van der Waals surface area contributed by atoms with Gasteiger partial charge in [-0.1, -0.05) is 12.1 Å². The predicted molar refractivity (Wildman–Crippen MR) is 83.1 cm³/mol. The normalized spacial score (nSPS) is 13.8. The van der Waals surface area contributed by atoms with Gasteiger partial charge in [0.1, 0.15) is 0 Å². The summed E-state index contributed by atoms with van der Waals surface area (Å²) in [6, 6.07) is 11.0. The first kappa shape index (κ1) is 16.1. The van der Waals surface area contributed by atoms with Gasteiger partial charge in [-0.15, -0.1) is 0 Å². The molecule has 0 saturated heterocycles. The van der Waals surface area contributed by atoms with Gasteiger partial charge in [0.25, 0.3) is 0 Å². The number of hydrogen-bond donors (Lipinski definition) is 1. The van der Waals surface area contributed by atoms with Crippen LogP contribution >= 0.6 is 0 Å². The van der Waals surface area contributed by atoms with Crippen LogP contribution in [0, 0.1) is 11.3 Å². The number of aryl methyl sites for hydroxylation is 1. The smallest absolute Gasteiger partial charge is 0.326 e. The van der Waals surface area contributed by atoms with E-state index in [2.05, 4.69) is 5.32 Å². The monoisotopic (exact) mass is 330 g/mol. The van der Waals surface area contributed by atoms with E-state index in [1.54, 1.807) is 18.2 Å². The van der Waals surface area contributed by atoms with Gasteiger partial charge in [0.2, 0.25) is 5.91 Å². The third-order valence-corrected chi connectivity index (χ3v) is 4.01. The van der Waals surface area contributed by atoms with Crippen molar-refractivity contribution in [3.63, 3.8) is 0 Å². The van der Waals surface area contributed by atoms with E-state index in [1.807, 2.05) is 6.07 Å². The fraction of sp³-hybridized carbons (Fsp3) is 0.222. The van der Waals surface area contributed by atoms with Gasteiger partial charge in [-0.2, -0.15) is 18.4 Å². The van der Waals surface area contributed by atoms with E-state index in [0.29, 0.717) is 18.4 Å². The van der Waals surface area contributed by atoms with E-state index in [9.17, 15) is 18.0 Å². The molecule has 24 heavy (non-hydrogen) atoms. The van der Waals surface area contributed by atoms with Crippen LogP contribution in [0.1, 0.15) is 23.1 Å². The molecule has 1 aliphatic heterocycles. The van der Waals surface area contributed by atoms with Crippen LogP contribution in [0.15, 0.2) is 36.4 Å². The van der Waals surface area contributed by atoms with Gasteiger partial charge < -0.3 is 5.32 Å². The molecule has 0 fully saturated rings. The second-order valence-corrected chi connectivity index (χ2v) is 5.62. The molecule has 0 radical (unpaired) electrons. The average molecular weight is 330 g/mol. The SMILES string of the molecule is N#CCc1cc(-c2ccc3c(c2)CCC(=O)N3)ccc1C(F)(F)F. The summed E-state index contributed by atoms with van der Waals surface area (Å²) in [6.07, 6.45) is -3.79. The number of carbonyl (C=O) groups excluding carboxylic acids is 1. The van der Waals surface area contributed by atoms with Crippen molar-refractivity contribution in [3.05, 3.63) is 53.1 Å².